The number of aromatic nitrogens is 3. The van der Waals surface area contributed by atoms with E-state index < -0.39 is 29.0 Å². The lowest BCUT2D eigenvalue weighted by Crippen LogP contribution is -2.76. The lowest BCUT2D eigenvalue weighted by Gasteiger charge is -2.54. The van der Waals surface area contributed by atoms with E-state index in [4.69, 9.17) is 19.4 Å². The topological polar surface area (TPSA) is 142 Å². The van der Waals surface area contributed by atoms with Crippen LogP contribution in [0.2, 0.25) is 6.04 Å². The molecule has 59 heavy (non-hydrogen) atoms. The molecule has 3 amide bonds. The zero-order valence-electron chi connectivity index (χ0n) is 35.0. The van der Waals surface area contributed by atoms with Crippen LogP contribution in [0.15, 0.2) is 41.9 Å². The molecule has 1 N–H and O–H groups in total. The molecule has 312 valence electrons. The molecule has 3 saturated heterocycles. The van der Waals surface area contributed by atoms with E-state index in [-0.39, 0.29) is 53.1 Å². The minimum atomic E-state index is -1.21. The Kier molecular flexibility index (Phi) is 11.3. The SMILES string of the molecule is CCn1c(-c2cccnc2[C@H](C)OC)c2c3cc(ccc31)-c1csc(n1)C[C@@]1(C[Si]N1C(=O)[C@H]1CN(C(C)=O)CCN1C)C(=O)N1CCC[C@H](N1)C(=O)OCC(C)(C)C2. The van der Waals surface area contributed by atoms with Gasteiger partial charge in [-0.15, -0.1) is 11.3 Å². The molecule has 4 atom stereocenters. The molecular weight excluding hydrogens is 785 g/mol. The van der Waals surface area contributed by atoms with Crippen molar-refractivity contribution in [3.63, 3.8) is 0 Å². The molecule has 0 aliphatic carbocycles. The Morgan fingerprint density at radius 3 is 2.69 bits per heavy atom. The van der Waals surface area contributed by atoms with Gasteiger partial charge in [0.1, 0.15) is 17.6 Å². The Morgan fingerprint density at radius 1 is 1.15 bits per heavy atom. The smallest absolute Gasteiger partial charge is 0.324 e. The Labute approximate surface area is 352 Å². The molecule has 4 aliphatic heterocycles. The van der Waals surface area contributed by atoms with Crippen LogP contribution in [0.25, 0.3) is 33.4 Å². The number of thiazole rings is 1. The number of methoxy groups -OCH3 is 1. The van der Waals surface area contributed by atoms with Gasteiger partial charge < -0.3 is 23.5 Å². The second-order valence-corrected chi connectivity index (χ2v) is 19.2. The second-order valence-electron chi connectivity index (χ2n) is 17.2. The van der Waals surface area contributed by atoms with Crippen LogP contribution in [-0.4, -0.2) is 132 Å². The number of hydrazine groups is 1. The summed E-state index contributed by atoms with van der Waals surface area (Å²) in [7, 11) is 3.69. The summed E-state index contributed by atoms with van der Waals surface area (Å²) in [5.74, 6) is -0.905. The molecule has 6 bridgehead atoms. The average Bonchev–Trinajstić information content (AvgIpc) is 3.82. The molecule has 14 nitrogen and oxygen atoms in total. The number of hydrogen-bond acceptors (Lipinski definition) is 11. The van der Waals surface area contributed by atoms with Crippen LogP contribution in [0.5, 0.6) is 0 Å². The molecule has 7 heterocycles. The summed E-state index contributed by atoms with van der Waals surface area (Å²) in [6.45, 7) is 12.6. The van der Waals surface area contributed by atoms with Gasteiger partial charge in [0.2, 0.25) is 11.8 Å². The highest BCUT2D eigenvalue weighted by atomic mass is 32.1. The summed E-state index contributed by atoms with van der Waals surface area (Å²) < 4.78 is 16.0. The largest absolute Gasteiger partial charge is 0.464 e. The molecule has 16 heteroatoms. The van der Waals surface area contributed by atoms with Gasteiger partial charge in [-0.25, -0.2) is 10.4 Å². The standard InChI is InChI=1S/C43H54N8O6SSi/c1-8-49-34-14-13-28-19-30(34)31(38(49)29-11-9-15-44-37(29)26(2)56-7)20-42(4,5)24-57-40(54)32-12-10-16-50(46-32)41(55)43(21-36-45-33(28)23-58-36)25-59-51(43)39(53)35-22-48(27(3)52)18-17-47(35)6/h9,11,13-15,19,23,26,32,35,46H,8,10,12,16-18,20-22,24-25H2,1-7H3/t26-,32-,35+,43+/m0/s1. The van der Waals surface area contributed by atoms with Crippen molar-refractivity contribution in [3.8, 4) is 22.5 Å². The highest BCUT2D eigenvalue weighted by Gasteiger charge is 2.58. The Balaban J connectivity index is 1.24. The van der Waals surface area contributed by atoms with Crippen molar-refractivity contribution in [2.45, 2.75) is 96.6 Å². The van der Waals surface area contributed by atoms with Crippen LogP contribution in [0.3, 0.4) is 0 Å². The number of carbonyl (C=O) groups excluding carboxylic acids is 4. The number of nitrogens with one attached hydrogen (secondary N) is 1. The van der Waals surface area contributed by atoms with Crippen LogP contribution in [0, 0.1) is 5.41 Å². The van der Waals surface area contributed by atoms with Crippen molar-refractivity contribution >= 4 is 55.6 Å². The van der Waals surface area contributed by atoms with E-state index in [0.717, 1.165) is 56.2 Å². The molecule has 4 aliphatic rings. The predicted octanol–water partition coefficient (Wildman–Crippen LogP) is 4.50. The number of esters is 1. The number of nitrogens with zero attached hydrogens (tertiary/aromatic N) is 7. The molecular formula is C43H54N8O6SSi. The average molecular weight is 839 g/mol. The molecule has 8 rings (SSSR count). The third kappa shape index (κ3) is 7.51. The van der Waals surface area contributed by atoms with Gasteiger partial charge in [0.25, 0.3) is 5.91 Å². The van der Waals surface area contributed by atoms with Gasteiger partial charge in [-0.1, -0.05) is 19.9 Å². The van der Waals surface area contributed by atoms with Gasteiger partial charge in [-0.2, -0.15) is 0 Å². The Bertz CT molecular complexity index is 2290. The van der Waals surface area contributed by atoms with E-state index in [0.29, 0.717) is 44.9 Å². The first kappa shape index (κ1) is 41.3. The first-order valence-corrected chi connectivity index (χ1v) is 22.6. The number of carbonyl (C=O) groups is 4. The number of ether oxygens (including phenoxy) is 2. The zero-order chi connectivity index (χ0) is 41.8. The zero-order valence-corrected chi connectivity index (χ0v) is 36.9. The lowest BCUT2D eigenvalue weighted by atomic mass is 9.84. The monoisotopic (exact) mass is 838 g/mol. The van der Waals surface area contributed by atoms with Crippen molar-refractivity contribution < 1.29 is 28.7 Å². The molecule has 0 unspecified atom stereocenters. The third-order valence-electron chi connectivity index (χ3n) is 12.5. The van der Waals surface area contributed by atoms with Crippen LogP contribution in [-0.2, 0) is 48.0 Å². The summed E-state index contributed by atoms with van der Waals surface area (Å²) in [4.78, 5) is 69.5. The number of benzene rings is 1. The maximum atomic E-state index is 14.9. The van der Waals surface area contributed by atoms with E-state index in [1.807, 2.05) is 30.3 Å². The first-order chi connectivity index (χ1) is 28.2. The van der Waals surface area contributed by atoms with Crippen molar-refractivity contribution in [3.05, 3.63) is 58.2 Å². The van der Waals surface area contributed by atoms with Gasteiger partial charge >= 0.3 is 5.97 Å². The van der Waals surface area contributed by atoms with E-state index in [9.17, 15) is 19.2 Å². The van der Waals surface area contributed by atoms with Crippen molar-refractivity contribution in [1.29, 1.82) is 0 Å². The van der Waals surface area contributed by atoms with Gasteiger partial charge in [-0.3, -0.25) is 34.1 Å². The minimum Gasteiger partial charge on any atom is -0.464 e. The Hall–Kier alpha value is -4.48. The molecule has 1 spiro atoms. The molecule has 4 aromatic rings. The number of pyridine rings is 1. The molecule has 3 fully saturated rings. The fourth-order valence-corrected chi connectivity index (χ4v) is 11.4. The number of likely N-dealkylation sites (N-methyl/N-ethyl adjacent to an activating group) is 1. The maximum Gasteiger partial charge on any atom is 0.324 e. The predicted molar refractivity (Wildman–Crippen MR) is 226 cm³/mol. The number of amides is 3. The highest BCUT2D eigenvalue weighted by molar-refractivity contribution is 7.10. The molecule has 0 saturated carbocycles. The van der Waals surface area contributed by atoms with Crippen molar-refractivity contribution in [1.82, 2.24) is 39.3 Å². The summed E-state index contributed by atoms with van der Waals surface area (Å²) in [5.41, 5.74) is 8.42. The summed E-state index contributed by atoms with van der Waals surface area (Å²) in [6, 6.07) is 9.72. The summed E-state index contributed by atoms with van der Waals surface area (Å²) >= 11 is 1.49. The molecule has 1 aromatic carbocycles. The van der Waals surface area contributed by atoms with Crippen LogP contribution >= 0.6 is 11.3 Å². The Morgan fingerprint density at radius 2 is 1.97 bits per heavy atom. The van der Waals surface area contributed by atoms with Gasteiger partial charge in [0.15, 0.2) is 9.68 Å². The molecule has 2 radical (unpaired) electrons. The number of fused-ring (bicyclic) bond motifs is 6. The van der Waals surface area contributed by atoms with Gasteiger partial charge in [0.05, 0.1) is 34.8 Å². The van der Waals surface area contributed by atoms with E-state index >= 15 is 0 Å². The lowest BCUT2D eigenvalue weighted by molar-refractivity contribution is -0.162. The third-order valence-corrected chi connectivity index (χ3v) is 15.1. The van der Waals surface area contributed by atoms with Crippen molar-refractivity contribution in [2.75, 3.05) is 46.9 Å². The number of hydrogen-bond donors (Lipinski definition) is 1. The second kappa shape index (κ2) is 16.2. The highest BCUT2D eigenvalue weighted by Crippen LogP contribution is 2.43. The number of piperazine rings is 1. The summed E-state index contributed by atoms with van der Waals surface area (Å²) in [5, 5.41) is 5.41. The van der Waals surface area contributed by atoms with Crippen molar-refractivity contribution in [2.24, 2.45) is 5.41 Å². The van der Waals surface area contributed by atoms with Gasteiger partial charge in [0, 0.05) is 92.2 Å². The van der Waals surface area contributed by atoms with Crippen LogP contribution in [0.1, 0.15) is 69.8 Å². The van der Waals surface area contributed by atoms with E-state index in [2.05, 4.69) is 55.0 Å². The fourth-order valence-electron chi connectivity index (χ4n) is 9.08. The fraction of sp³-hybridized carbons (Fsp3) is 0.535. The van der Waals surface area contributed by atoms with Crippen LogP contribution < -0.4 is 5.43 Å². The maximum absolute atomic E-state index is 14.9. The van der Waals surface area contributed by atoms with Crippen LogP contribution in [0.4, 0.5) is 0 Å². The first-order valence-electron chi connectivity index (χ1n) is 20.6. The minimum absolute atomic E-state index is 0.0755. The molecule has 3 aromatic heterocycles. The quantitative estimate of drug-likeness (QED) is 0.226. The van der Waals surface area contributed by atoms with Gasteiger partial charge in [-0.05, 0) is 76.0 Å². The number of cyclic esters (lactones) is 1. The number of aryl methyl sites for hydroxylation is 1. The summed E-state index contributed by atoms with van der Waals surface area (Å²) in [6.07, 6.45) is 3.52. The van der Waals surface area contributed by atoms with E-state index in [1.165, 1.54) is 18.3 Å². The normalized spacial score (nSPS) is 24.5. The van der Waals surface area contributed by atoms with E-state index in [1.54, 1.807) is 27.8 Å². The number of rotatable bonds is 5.